The predicted octanol–water partition coefficient (Wildman–Crippen LogP) is 4.87. The molecule has 2 aromatic carbocycles. The van der Waals surface area contributed by atoms with Crippen LogP contribution in [0.15, 0.2) is 54.7 Å². The van der Waals surface area contributed by atoms with Crippen molar-refractivity contribution in [2.24, 2.45) is 11.8 Å². The molecule has 3 nitrogen and oxygen atoms in total. The van der Waals surface area contributed by atoms with E-state index in [9.17, 15) is 0 Å². The van der Waals surface area contributed by atoms with Crippen LogP contribution in [0.25, 0.3) is 5.57 Å². The molecule has 3 heteroatoms. The number of hydrogen-bond donors (Lipinski definition) is 2. The van der Waals surface area contributed by atoms with Crippen molar-refractivity contribution in [1.82, 2.24) is 5.32 Å². The number of fused-ring (bicyclic) bond motifs is 1. The standard InChI is InChI=1S/C24H29N3/c1-17-12-21-13-20(10-11-23(21)27(2)24(17)19-8-9-19)22(14-25)16-26-15-18-6-4-3-5-7-18/h3-7,10-11,13-14,16-17,19,24-26H,8-9,12,15H2,1-2H3/b22-16+,25-14?/t17?,24-/m1/s1. The Morgan fingerprint density at radius 2 is 1.96 bits per heavy atom. The van der Waals surface area contributed by atoms with Gasteiger partial charge in [0.1, 0.15) is 0 Å². The molecule has 1 aliphatic carbocycles. The number of nitrogens with zero attached hydrogens (tertiary/aromatic N) is 1. The van der Waals surface area contributed by atoms with E-state index in [0.29, 0.717) is 12.0 Å². The molecule has 0 radical (unpaired) electrons. The first kappa shape index (κ1) is 17.8. The summed E-state index contributed by atoms with van der Waals surface area (Å²) in [5, 5.41) is 11.2. The second kappa shape index (κ2) is 7.59. The first-order valence-corrected chi connectivity index (χ1v) is 10.0. The number of allylic oxidation sites excluding steroid dienone is 1. The second-order valence-corrected chi connectivity index (χ2v) is 8.07. The Balaban J connectivity index is 1.52. The highest BCUT2D eigenvalue weighted by Crippen LogP contribution is 2.44. The Morgan fingerprint density at radius 1 is 1.19 bits per heavy atom. The van der Waals surface area contributed by atoms with Crippen LogP contribution in [-0.4, -0.2) is 19.3 Å². The molecule has 1 aliphatic heterocycles. The van der Waals surface area contributed by atoms with E-state index < -0.39 is 0 Å². The van der Waals surface area contributed by atoms with Crippen molar-refractivity contribution in [3.63, 3.8) is 0 Å². The van der Waals surface area contributed by atoms with Gasteiger partial charge >= 0.3 is 0 Å². The molecule has 4 rings (SSSR count). The number of nitrogens with one attached hydrogen (secondary N) is 2. The first-order valence-electron chi connectivity index (χ1n) is 10.0. The van der Waals surface area contributed by atoms with Gasteiger partial charge in [0.25, 0.3) is 0 Å². The molecule has 1 saturated carbocycles. The molecule has 1 unspecified atom stereocenters. The summed E-state index contributed by atoms with van der Waals surface area (Å²) in [5.74, 6) is 1.57. The third-order valence-electron chi connectivity index (χ3n) is 6.03. The predicted molar refractivity (Wildman–Crippen MR) is 114 cm³/mol. The number of rotatable bonds is 6. The molecule has 0 spiro atoms. The number of benzene rings is 2. The Morgan fingerprint density at radius 3 is 2.67 bits per heavy atom. The molecule has 2 atom stereocenters. The molecule has 2 aromatic rings. The van der Waals surface area contributed by atoms with E-state index in [1.807, 2.05) is 24.4 Å². The lowest BCUT2D eigenvalue weighted by molar-refractivity contribution is 0.381. The van der Waals surface area contributed by atoms with Gasteiger partial charge in [-0.3, -0.25) is 0 Å². The normalized spacial score (nSPS) is 22.3. The van der Waals surface area contributed by atoms with Crippen LogP contribution in [0.1, 0.15) is 36.5 Å². The molecule has 2 aliphatic rings. The van der Waals surface area contributed by atoms with Crippen LogP contribution in [0.3, 0.4) is 0 Å². The van der Waals surface area contributed by atoms with Gasteiger partial charge in [-0.15, -0.1) is 0 Å². The molecule has 140 valence electrons. The van der Waals surface area contributed by atoms with Crippen molar-refractivity contribution in [1.29, 1.82) is 5.41 Å². The van der Waals surface area contributed by atoms with Crippen molar-refractivity contribution in [3.8, 4) is 0 Å². The smallest absolute Gasteiger partial charge is 0.0399 e. The van der Waals surface area contributed by atoms with Gasteiger partial charge in [-0.05, 0) is 59.9 Å². The molecule has 0 aromatic heterocycles. The summed E-state index contributed by atoms with van der Waals surface area (Å²) in [6.07, 6.45) is 7.33. The van der Waals surface area contributed by atoms with E-state index in [0.717, 1.165) is 30.0 Å². The van der Waals surface area contributed by atoms with E-state index in [-0.39, 0.29) is 0 Å². The molecule has 1 fully saturated rings. The Hall–Kier alpha value is -2.55. The summed E-state index contributed by atoms with van der Waals surface area (Å²) in [6.45, 7) is 3.16. The third kappa shape index (κ3) is 3.78. The molecule has 2 N–H and O–H groups in total. The van der Waals surface area contributed by atoms with Gasteiger partial charge in [-0.2, -0.15) is 0 Å². The zero-order chi connectivity index (χ0) is 18.8. The summed E-state index contributed by atoms with van der Waals surface area (Å²) in [7, 11) is 2.26. The fourth-order valence-electron chi connectivity index (χ4n) is 4.58. The average molecular weight is 360 g/mol. The van der Waals surface area contributed by atoms with Crippen LogP contribution >= 0.6 is 0 Å². The highest BCUT2D eigenvalue weighted by molar-refractivity contribution is 6.08. The van der Waals surface area contributed by atoms with Gasteiger partial charge < -0.3 is 15.6 Å². The lowest BCUT2D eigenvalue weighted by Crippen LogP contribution is -2.43. The summed E-state index contributed by atoms with van der Waals surface area (Å²) < 4.78 is 0. The summed E-state index contributed by atoms with van der Waals surface area (Å²) >= 11 is 0. The van der Waals surface area contributed by atoms with Gasteiger partial charge in [-0.1, -0.05) is 43.3 Å². The van der Waals surface area contributed by atoms with Gasteiger partial charge in [0.2, 0.25) is 0 Å². The van der Waals surface area contributed by atoms with Gasteiger partial charge in [0.05, 0.1) is 0 Å². The topological polar surface area (TPSA) is 39.1 Å². The summed E-state index contributed by atoms with van der Waals surface area (Å²) in [6, 6.07) is 17.7. The molecule has 0 amide bonds. The summed E-state index contributed by atoms with van der Waals surface area (Å²) in [5.41, 5.74) is 6.07. The maximum Gasteiger partial charge on any atom is 0.0399 e. The van der Waals surface area contributed by atoms with Crippen molar-refractivity contribution in [2.75, 3.05) is 11.9 Å². The zero-order valence-electron chi connectivity index (χ0n) is 16.3. The van der Waals surface area contributed by atoms with E-state index in [4.69, 9.17) is 5.41 Å². The van der Waals surface area contributed by atoms with Crippen LogP contribution in [0.5, 0.6) is 0 Å². The van der Waals surface area contributed by atoms with Crippen LogP contribution in [0, 0.1) is 17.2 Å². The lowest BCUT2D eigenvalue weighted by Gasteiger charge is -2.41. The van der Waals surface area contributed by atoms with Crippen molar-refractivity contribution >= 4 is 17.5 Å². The SMILES string of the molecule is CC1Cc2cc(/C(C=N)=C/NCc3ccccc3)ccc2N(C)[C@H]1C1CC1. The molecular formula is C24H29N3. The molecule has 0 bridgehead atoms. The van der Waals surface area contributed by atoms with E-state index in [1.54, 1.807) is 0 Å². The summed E-state index contributed by atoms with van der Waals surface area (Å²) in [4.78, 5) is 2.51. The Bertz CT molecular complexity index is 836. The van der Waals surface area contributed by atoms with Crippen molar-refractivity contribution in [2.45, 2.75) is 38.8 Å². The highest BCUT2D eigenvalue weighted by Gasteiger charge is 2.40. The average Bonchev–Trinajstić information content (AvgIpc) is 3.51. The van der Waals surface area contributed by atoms with Crippen LogP contribution in [0.4, 0.5) is 5.69 Å². The largest absolute Gasteiger partial charge is 0.386 e. The third-order valence-corrected chi connectivity index (χ3v) is 6.03. The van der Waals surface area contributed by atoms with E-state index in [2.05, 4.69) is 54.5 Å². The molecule has 0 saturated heterocycles. The van der Waals surface area contributed by atoms with Gasteiger partial charge in [0, 0.05) is 43.3 Å². The minimum Gasteiger partial charge on any atom is -0.386 e. The molecule has 1 heterocycles. The first-order chi connectivity index (χ1) is 13.2. The Kier molecular flexibility index (Phi) is 5.02. The lowest BCUT2D eigenvalue weighted by atomic mass is 9.84. The van der Waals surface area contributed by atoms with Crippen molar-refractivity contribution < 1.29 is 0 Å². The monoisotopic (exact) mass is 359 g/mol. The Labute approximate surface area is 162 Å². The quantitative estimate of drug-likeness (QED) is 0.722. The van der Waals surface area contributed by atoms with Crippen molar-refractivity contribution in [3.05, 3.63) is 71.4 Å². The van der Waals surface area contributed by atoms with Gasteiger partial charge in [-0.25, -0.2) is 0 Å². The maximum atomic E-state index is 7.85. The minimum absolute atomic E-state index is 0.689. The zero-order valence-corrected chi connectivity index (χ0v) is 16.3. The highest BCUT2D eigenvalue weighted by atomic mass is 15.2. The van der Waals surface area contributed by atoms with E-state index in [1.165, 1.54) is 35.9 Å². The minimum atomic E-state index is 0.689. The van der Waals surface area contributed by atoms with Crippen LogP contribution < -0.4 is 10.2 Å². The van der Waals surface area contributed by atoms with Crippen LogP contribution in [0.2, 0.25) is 0 Å². The van der Waals surface area contributed by atoms with E-state index >= 15 is 0 Å². The van der Waals surface area contributed by atoms with Gasteiger partial charge in [0.15, 0.2) is 0 Å². The fourth-order valence-corrected chi connectivity index (χ4v) is 4.58. The number of anilines is 1. The molecule has 27 heavy (non-hydrogen) atoms. The van der Waals surface area contributed by atoms with Crippen LogP contribution in [-0.2, 0) is 13.0 Å². The maximum absolute atomic E-state index is 7.85. The fraction of sp³-hybridized carbons (Fsp3) is 0.375. The number of hydrogen-bond acceptors (Lipinski definition) is 3. The second-order valence-electron chi connectivity index (χ2n) is 8.07. The molecular weight excluding hydrogens is 330 g/mol.